The summed E-state index contributed by atoms with van der Waals surface area (Å²) in [7, 11) is 0. The van der Waals surface area contributed by atoms with Crippen molar-refractivity contribution in [2.45, 2.75) is 19.8 Å². The molecule has 2 heterocycles. The largest absolute Gasteiger partial charge is 0.330 e. The van der Waals surface area contributed by atoms with E-state index in [0.717, 1.165) is 33.9 Å². The number of nitrogens with two attached hydrogens (primary N) is 1. The second kappa shape index (κ2) is 4.75. The van der Waals surface area contributed by atoms with E-state index in [9.17, 15) is 4.79 Å². The van der Waals surface area contributed by atoms with Crippen LogP contribution in [0.2, 0.25) is 0 Å². The molecule has 5 heteroatoms. The molecule has 0 saturated carbocycles. The fourth-order valence-corrected chi connectivity index (χ4v) is 3.30. The van der Waals surface area contributed by atoms with Gasteiger partial charge in [-0.3, -0.25) is 4.79 Å². The summed E-state index contributed by atoms with van der Waals surface area (Å²) in [6.07, 6.45) is 1.28. The van der Waals surface area contributed by atoms with Crippen molar-refractivity contribution in [1.29, 1.82) is 0 Å². The van der Waals surface area contributed by atoms with E-state index < -0.39 is 0 Å². The maximum Gasteiger partial charge on any atom is 0.228 e. The van der Waals surface area contributed by atoms with Gasteiger partial charge in [-0.25, -0.2) is 4.98 Å². The molecule has 4 nitrogen and oxygen atoms in total. The molecule has 1 aromatic carbocycles. The Bertz CT molecular complexity index is 648. The third-order valence-electron chi connectivity index (χ3n) is 3.20. The van der Waals surface area contributed by atoms with Gasteiger partial charge in [-0.2, -0.15) is 0 Å². The van der Waals surface area contributed by atoms with Gasteiger partial charge in [-0.15, -0.1) is 11.3 Å². The number of aryl methyl sites for hydroxylation is 1. The van der Waals surface area contributed by atoms with Gasteiger partial charge in [-0.05, 0) is 31.2 Å². The van der Waals surface area contributed by atoms with Gasteiger partial charge in [-0.1, -0.05) is 6.07 Å². The van der Waals surface area contributed by atoms with Crippen LogP contribution in [0, 0.1) is 6.92 Å². The van der Waals surface area contributed by atoms with Gasteiger partial charge >= 0.3 is 0 Å². The molecule has 1 amide bonds. The summed E-state index contributed by atoms with van der Waals surface area (Å²) < 4.78 is 0. The number of fused-ring (bicyclic) bond motifs is 1. The van der Waals surface area contributed by atoms with Crippen molar-refractivity contribution in [3.8, 4) is 11.3 Å². The van der Waals surface area contributed by atoms with E-state index in [1.54, 1.807) is 11.3 Å². The van der Waals surface area contributed by atoms with Crippen molar-refractivity contribution in [1.82, 2.24) is 4.98 Å². The van der Waals surface area contributed by atoms with Crippen molar-refractivity contribution < 1.29 is 4.79 Å². The molecule has 3 rings (SSSR count). The van der Waals surface area contributed by atoms with Crippen LogP contribution in [0.5, 0.6) is 0 Å². The van der Waals surface area contributed by atoms with Crippen LogP contribution in [-0.2, 0) is 17.6 Å². The van der Waals surface area contributed by atoms with E-state index in [-0.39, 0.29) is 5.91 Å². The minimum Gasteiger partial charge on any atom is -0.330 e. The third-order valence-corrected chi connectivity index (χ3v) is 4.23. The summed E-state index contributed by atoms with van der Waals surface area (Å²) in [5, 5.41) is 3.92. The Balaban J connectivity index is 1.99. The lowest BCUT2D eigenvalue weighted by Gasteiger charge is -2.02. The Labute approximate surface area is 115 Å². The number of thiazole rings is 1. The molecule has 2 aromatic rings. The van der Waals surface area contributed by atoms with Crippen molar-refractivity contribution in [3.63, 3.8) is 0 Å². The van der Waals surface area contributed by atoms with E-state index in [1.807, 2.05) is 12.1 Å². The topological polar surface area (TPSA) is 68.0 Å². The lowest BCUT2D eigenvalue weighted by atomic mass is 10.1. The number of amides is 1. The Kier molecular flexibility index (Phi) is 3.08. The van der Waals surface area contributed by atoms with Gasteiger partial charge < -0.3 is 11.1 Å². The molecule has 0 saturated heterocycles. The van der Waals surface area contributed by atoms with Gasteiger partial charge in [0.1, 0.15) is 0 Å². The summed E-state index contributed by atoms with van der Waals surface area (Å²) in [6, 6.07) is 6.02. The fraction of sp³-hybridized carbons (Fsp3) is 0.286. The average Bonchev–Trinajstić information content (AvgIpc) is 2.90. The van der Waals surface area contributed by atoms with Crippen LogP contribution in [0.15, 0.2) is 18.2 Å². The molecule has 19 heavy (non-hydrogen) atoms. The second-order valence-electron chi connectivity index (χ2n) is 4.65. The van der Waals surface area contributed by atoms with E-state index >= 15 is 0 Å². The predicted octanol–water partition coefficient (Wildman–Crippen LogP) is 2.11. The Morgan fingerprint density at radius 3 is 3.11 bits per heavy atom. The number of hydrogen-bond donors (Lipinski definition) is 2. The number of carbonyl (C=O) groups excluding carboxylic acids is 1. The van der Waals surface area contributed by atoms with Crippen LogP contribution in [0.4, 0.5) is 5.69 Å². The number of aromatic nitrogens is 1. The molecule has 0 aliphatic carbocycles. The van der Waals surface area contributed by atoms with Gasteiger partial charge in [0.15, 0.2) is 0 Å². The number of carbonyl (C=O) groups is 1. The monoisotopic (exact) mass is 273 g/mol. The van der Waals surface area contributed by atoms with Crippen LogP contribution in [0.3, 0.4) is 0 Å². The molecule has 0 atom stereocenters. The zero-order valence-electron chi connectivity index (χ0n) is 10.7. The number of rotatable bonds is 3. The zero-order valence-corrected chi connectivity index (χ0v) is 11.5. The Hall–Kier alpha value is -1.72. The van der Waals surface area contributed by atoms with Crippen molar-refractivity contribution >= 4 is 22.9 Å². The van der Waals surface area contributed by atoms with E-state index in [1.165, 1.54) is 4.88 Å². The number of hydrogen-bond acceptors (Lipinski definition) is 4. The summed E-state index contributed by atoms with van der Waals surface area (Å²) in [6.45, 7) is 2.69. The fourth-order valence-electron chi connectivity index (χ4n) is 2.33. The smallest absolute Gasteiger partial charge is 0.228 e. The van der Waals surface area contributed by atoms with Gasteiger partial charge in [0.05, 0.1) is 17.1 Å². The summed E-state index contributed by atoms with van der Waals surface area (Å²) in [5.41, 5.74) is 9.63. The van der Waals surface area contributed by atoms with Crippen LogP contribution in [0.25, 0.3) is 11.3 Å². The molecule has 0 spiro atoms. The minimum atomic E-state index is 0.0611. The molecular formula is C14H15N3OS. The first-order chi connectivity index (χ1) is 9.17. The molecular weight excluding hydrogens is 258 g/mol. The normalized spacial score (nSPS) is 13.5. The number of anilines is 1. The Morgan fingerprint density at radius 1 is 1.47 bits per heavy atom. The molecule has 1 aliphatic rings. The highest BCUT2D eigenvalue weighted by atomic mass is 32.1. The predicted molar refractivity (Wildman–Crippen MR) is 77.4 cm³/mol. The van der Waals surface area contributed by atoms with Crippen molar-refractivity contribution in [2.24, 2.45) is 5.73 Å². The lowest BCUT2D eigenvalue weighted by Crippen LogP contribution is -2.03. The number of nitrogens with zero attached hydrogens (tertiary/aromatic N) is 1. The first-order valence-corrected chi connectivity index (χ1v) is 7.08. The summed E-state index contributed by atoms with van der Waals surface area (Å²) >= 11 is 1.69. The van der Waals surface area contributed by atoms with Crippen LogP contribution >= 0.6 is 11.3 Å². The highest BCUT2D eigenvalue weighted by molar-refractivity contribution is 7.12. The lowest BCUT2D eigenvalue weighted by molar-refractivity contribution is -0.115. The molecule has 98 valence electrons. The number of nitrogens with one attached hydrogen (secondary N) is 1. The minimum absolute atomic E-state index is 0.0611. The quantitative estimate of drug-likeness (QED) is 0.900. The molecule has 0 unspecified atom stereocenters. The first-order valence-electron chi connectivity index (χ1n) is 6.27. The molecule has 1 aliphatic heterocycles. The first kappa shape index (κ1) is 12.3. The molecule has 0 fully saturated rings. The second-order valence-corrected chi connectivity index (χ2v) is 5.94. The van der Waals surface area contributed by atoms with Gasteiger partial charge in [0.25, 0.3) is 0 Å². The van der Waals surface area contributed by atoms with Gasteiger partial charge in [0.2, 0.25) is 5.91 Å². The third kappa shape index (κ3) is 2.27. The average molecular weight is 273 g/mol. The van der Waals surface area contributed by atoms with E-state index in [0.29, 0.717) is 13.0 Å². The highest BCUT2D eigenvalue weighted by Crippen LogP contribution is 2.32. The van der Waals surface area contributed by atoms with E-state index in [4.69, 9.17) is 5.73 Å². The summed E-state index contributed by atoms with van der Waals surface area (Å²) in [4.78, 5) is 17.2. The zero-order chi connectivity index (χ0) is 13.4. The standard InChI is InChI=1S/C14H15N3OS/c1-8-14(17-13(19-8)4-5-15)9-2-3-11-10(6-9)7-12(18)16-11/h2-3,6H,4-5,7,15H2,1H3,(H,16,18). The number of benzene rings is 1. The van der Waals surface area contributed by atoms with Crippen LogP contribution in [0.1, 0.15) is 15.4 Å². The maximum atomic E-state index is 11.4. The van der Waals surface area contributed by atoms with Crippen LogP contribution in [-0.4, -0.2) is 17.4 Å². The molecule has 3 N–H and O–H groups in total. The van der Waals surface area contributed by atoms with Crippen molar-refractivity contribution in [3.05, 3.63) is 33.6 Å². The molecule has 0 radical (unpaired) electrons. The highest BCUT2D eigenvalue weighted by Gasteiger charge is 2.19. The van der Waals surface area contributed by atoms with Crippen LogP contribution < -0.4 is 11.1 Å². The SMILES string of the molecule is Cc1sc(CCN)nc1-c1ccc2c(c1)CC(=O)N2. The summed E-state index contributed by atoms with van der Waals surface area (Å²) in [5.74, 6) is 0.0611. The Morgan fingerprint density at radius 2 is 2.32 bits per heavy atom. The van der Waals surface area contributed by atoms with Crippen molar-refractivity contribution in [2.75, 3.05) is 11.9 Å². The molecule has 0 bridgehead atoms. The van der Waals surface area contributed by atoms with Gasteiger partial charge in [0, 0.05) is 22.5 Å². The molecule has 1 aromatic heterocycles. The van der Waals surface area contributed by atoms with E-state index in [2.05, 4.69) is 23.3 Å². The maximum absolute atomic E-state index is 11.4.